The monoisotopic (exact) mass is 425 g/mol. The fraction of sp³-hybridized carbons (Fsp3) is 0.500. The Morgan fingerprint density at radius 2 is 1.81 bits per heavy atom. The van der Waals surface area contributed by atoms with E-state index in [1.165, 1.54) is 0 Å². The van der Waals surface area contributed by atoms with Crippen LogP contribution in [0.3, 0.4) is 0 Å². The van der Waals surface area contributed by atoms with Crippen molar-refractivity contribution in [2.75, 3.05) is 18.4 Å². The van der Waals surface area contributed by atoms with Crippen LogP contribution >= 0.6 is 0 Å². The van der Waals surface area contributed by atoms with E-state index in [4.69, 9.17) is 4.98 Å². The third-order valence-corrected chi connectivity index (χ3v) is 4.89. The maximum Gasteiger partial charge on any atom is 0.251 e. The molecule has 0 aliphatic heterocycles. The van der Waals surface area contributed by atoms with E-state index in [0.29, 0.717) is 30.1 Å². The molecule has 0 fully saturated rings. The first-order valence-corrected chi connectivity index (χ1v) is 10.8. The van der Waals surface area contributed by atoms with Crippen LogP contribution in [-0.2, 0) is 4.79 Å². The van der Waals surface area contributed by atoms with Crippen LogP contribution in [0.1, 0.15) is 56.7 Å². The van der Waals surface area contributed by atoms with E-state index < -0.39 is 0 Å². The zero-order valence-electron chi connectivity index (χ0n) is 18.8. The Morgan fingerprint density at radius 3 is 2.52 bits per heavy atom. The molecule has 3 N–H and O–H groups in total. The molecule has 9 heteroatoms. The van der Waals surface area contributed by atoms with Gasteiger partial charge in [0, 0.05) is 30.6 Å². The second kappa shape index (κ2) is 9.72. The van der Waals surface area contributed by atoms with E-state index in [2.05, 4.69) is 26.1 Å². The van der Waals surface area contributed by atoms with Crippen molar-refractivity contribution in [2.45, 2.75) is 53.5 Å². The summed E-state index contributed by atoms with van der Waals surface area (Å²) in [5.41, 5.74) is 2.74. The second-order valence-electron chi connectivity index (χ2n) is 8.28. The second-order valence-corrected chi connectivity index (χ2v) is 8.28. The van der Waals surface area contributed by atoms with Crippen molar-refractivity contribution in [2.24, 2.45) is 5.92 Å². The molecule has 0 aliphatic rings. The summed E-state index contributed by atoms with van der Waals surface area (Å²) in [6.45, 7) is 10.9. The average Bonchev–Trinajstić information content (AvgIpc) is 3.11. The largest absolute Gasteiger partial charge is 0.367 e. The van der Waals surface area contributed by atoms with Gasteiger partial charge in [0.1, 0.15) is 5.82 Å². The number of aryl methyl sites for hydroxylation is 1. The van der Waals surface area contributed by atoms with Gasteiger partial charge in [0.05, 0.1) is 11.0 Å². The van der Waals surface area contributed by atoms with Crippen molar-refractivity contribution in [3.05, 3.63) is 29.6 Å². The van der Waals surface area contributed by atoms with Crippen LogP contribution in [0.5, 0.6) is 0 Å². The first kappa shape index (κ1) is 22.5. The number of anilines is 1. The third kappa shape index (κ3) is 5.28. The number of aromatic nitrogens is 4. The minimum absolute atomic E-state index is 0.00125. The summed E-state index contributed by atoms with van der Waals surface area (Å²) in [4.78, 5) is 28.7. The van der Waals surface area contributed by atoms with Gasteiger partial charge in [0.15, 0.2) is 5.82 Å². The van der Waals surface area contributed by atoms with Gasteiger partial charge in [-0.1, -0.05) is 13.8 Å². The van der Waals surface area contributed by atoms with Crippen molar-refractivity contribution >= 4 is 34.3 Å². The van der Waals surface area contributed by atoms with Gasteiger partial charge in [-0.15, -0.1) is 10.2 Å². The van der Waals surface area contributed by atoms with Crippen molar-refractivity contribution in [3.63, 3.8) is 0 Å². The summed E-state index contributed by atoms with van der Waals surface area (Å²) in [5.74, 6) is 1.33. The fourth-order valence-corrected chi connectivity index (χ4v) is 3.25. The number of carbonyl (C=O) groups excluding carboxylic acids is 2. The average molecular weight is 426 g/mol. The molecule has 0 atom stereocenters. The van der Waals surface area contributed by atoms with E-state index in [0.717, 1.165) is 29.7 Å². The Bertz CT molecular complexity index is 1090. The molecule has 2 aromatic heterocycles. The number of unbranched alkanes of at least 4 members (excludes halogenated alkanes) is 1. The minimum Gasteiger partial charge on any atom is -0.367 e. The highest BCUT2D eigenvalue weighted by atomic mass is 16.2. The molecule has 0 spiro atoms. The SMILES string of the molecule is Cc1nnc2c(NCCCCNC(=O)C(C)C)nc3ccc(C(=O)NC(C)C)cc3n12. The van der Waals surface area contributed by atoms with Crippen LogP contribution in [0.4, 0.5) is 5.82 Å². The van der Waals surface area contributed by atoms with Gasteiger partial charge in [0.2, 0.25) is 11.6 Å². The summed E-state index contributed by atoms with van der Waals surface area (Å²) < 4.78 is 1.92. The van der Waals surface area contributed by atoms with E-state index in [-0.39, 0.29) is 23.8 Å². The molecule has 2 heterocycles. The van der Waals surface area contributed by atoms with Crippen LogP contribution in [0.15, 0.2) is 18.2 Å². The molecule has 1 aromatic carbocycles. The number of benzene rings is 1. The van der Waals surface area contributed by atoms with Gasteiger partial charge in [-0.25, -0.2) is 4.98 Å². The topological polar surface area (TPSA) is 113 Å². The summed E-state index contributed by atoms with van der Waals surface area (Å²) in [7, 11) is 0. The maximum atomic E-state index is 12.4. The number of nitrogens with zero attached hydrogens (tertiary/aromatic N) is 4. The minimum atomic E-state index is -0.123. The summed E-state index contributed by atoms with van der Waals surface area (Å²) in [6.07, 6.45) is 1.75. The summed E-state index contributed by atoms with van der Waals surface area (Å²) in [6, 6.07) is 5.50. The van der Waals surface area contributed by atoms with Crippen LogP contribution in [0, 0.1) is 12.8 Å². The molecular weight excluding hydrogens is 394 g/mol. The molecule has 0 unspecified atom stereocenters. The van der Waals surface area contributed by atoms with Gasteiger partial charge in [0.25, 0.3) is 5.91 Å². The predicted molar refractivity (Wildman–Crippen MR) is 121 cm³/mol. The number of hydrogen-bond donors (Lipinski definition) is 3. The molecule has 9 nitrogen and oxygen atoms in total. The Hall–Kier alpha value is -3.23. The molecule has 0 saturated heterocycles. The molecule has 2 amide bonds. The molecule has 0 aliphatic carbocycles. The molecular formula is C22H31N7O2. The fourth-order valence-electron chi connectivity index (χ4n) is 3.25. The highest BCUT2D eigenvalue weighted by Gasteiger charge is 2.15. The van der Waals surface area contributed by atoms with Crippen LogP contribution in [-0.4, -0.2) is 50.5 Å². The Morgan fingerprint density at radius 1 is 1.06 bits per heavy atom. The van der Waals surface area contributed by atoms with Crippen LogP contribution < -0.4 is 16.0 Å². The first-order chi connectivity index (χ1) is 14.8. The summed E-state index contributed by atoms with van der Waals surface area (Å²) >= 11 is 0. The number of hydrogen-bond acceptors (Lipinski definition) is 6. The number of rotatable bonds is 9. The number of fused-ring (bicyclic) bond motifs is 3. The first-order valence-electron chi connectivity index (χ1n) is 10.8. The van der Waals surface area contributed by atoms with Crippen LogP contribution in [0.25, 0.3) is 16.7 Å². The third-order valence-electron chi connectivity index (χ3n) is 4.89. The molecule has 3 rings (SSSR count). The van der Waals surface area contributed by atoms with Crippen LogP contribution in [0.2, 0.25) is 0 Å². The summed E-state index contributed by atoms with van der Waals surface area (Å²) in [5, 5.41) is 17.7. The van der Waals surface area contributed by atoms with Gasteiger partial charge >= 0.3 is 0 Å². The van der Waals surface area contributed by atoms with E-state index in [9.17, 15) is 9.59 Å². The standard InChI is InChI=1S/C22H31N7O2/c1-13(2)21(30)24-11-7-6-10-23-19-20-28-27-15(5)29(20)18-12-16(8-9-17(18)26-19)22(31)25-14(3)4/h8-9,12-14H,6-7,10-11H2,1-5H3,(H,23,26)(H,24,30)(H,25,31). The lowest BCUT2D eigenvalue weighted by atomic mass is 10.1. The predicted octanol–water partition coefficient (Wildman–Crippen LogP) is 2.69. The number of amides is 2. The lowest BCUT2D eigenvalue weighted by Gasteiger charge is -2.12. The van der Waals surface area contributed by atoms with Gasteiger partial charge in [-0.05, 0) is 51.8 Å². The zero-order valence-corrected chi connectivity index (χ0v) is 18.8. The molecule has 0 bridgehead atoms. The quantitative estimate of drug-likeness (QED) is 0.454. The van der Waals surface area contributed by atoms with Crippen molar-refractivity contribution in [1.29, 1.82) is 0 Å². The van der Waals surface area contributed by atoms with Gasteiger partial charge < -0.3 is 16.0 Å². The number of nitrogens with one attached hydrogen (secondary N) is 3. The number of carbonyl (C=O) groups is 2. The lowest BCUT2D eigenvalue weighted by molar-refractivity contribution is -0.123. The maximum absolute atomic E-state index is 12.4. The van der Waals surface area contributed by atoms with E-state index >= 15 is 0 Å². The molecule has 0 radical (unpaired) electrons. The molecule has 0 saturated carbocycles. The Balaban J connectivity index is 1.75. The highest BCUT2D eigenvalue weighted by Crippen LogP contribution is 2.23. The molecule has 31 heavy (non-hydrogen) atoms. The van der Waals surface area contributed by atoms with Crippen molar-refractivity contribution < 1.29 is 9.59 Å². The zero-order chi connectivity index (χ0) is 22.5. The smallest absolute Gasteiger partial charge is 0.251 e. The van der Waals surface area contributed by atoms with E-state index in [1.807, 2.05) is 51.2 Å². The lowest BCUT2D eigenvalue weighted by Crippen LogP contribution is -2.30. The van der Waals surface area contributed by atoms with Gasteiger partial charge in [-0.2, -0.15) is 0 Å². The Kier molecular flexibility index (Phi) is 7.04. The normalized spacial score (nSPS) is 11.5. The molecule has 166 valence electrons. The van der Waals surface area contributed by atoms with Crippen molar-refractivity contribution in [1.82, 2.24) is 30.2 Å². The Labute approximate surface area is 182 Å². The van der Waals surface area contributed by atoms with Gasteiger partial charge in [-0.3, -0.25) is 14.0 Å². The van der Waals surface area contributed by atoms with E-state index in [1.54, 1.807) is 6.07 Å². The van der Waals surface area contributed by atoms with Crippen molar-refractivity contribution in [3.8, 4) is 0 Å². The molecule has 3 aromatic rings. The highest BCUT2D eigenvalue weighted by molar-refractivity contribution is 5.98.